The van der Waals surface area contributed by atoms with E-state index in [-0.39, 0.29) is 5.92 Å². The number of nitrogens with zero attached hydrogens (tertiary/aromatic N) is 5. The maximum Gasteiger partial charge on any atom is 0.231 e. The van der Waals surface area contributed by atoms with Crippen molar-refractivity contribution in [2.24, 2.45) is 11.8 Å². The number of pyridine rings is 1. The van der Waals surface area contributed by atoms with E-state index in [2.05, 4.69) is 44.3 Å². The molecule has 0 bridgehead atoms. The van der Waals surface area contributed by atoms with Gasteiger partial charge in [-0.3, -0.25) is 9.20 Å². The van der Waals surface area contributed by atoms with Crippen LogP contribution in [0.5, 0.6) is 0 Å². The first kappa shape index (κ1) is 16.4. The molecule has 6 nitrogen and oxygen atoms in total. The van der Waals surface area contributed by atoms with Gasteiger partial charge in [-0.2, -0.15) is 0 Å². The molecule has 0 N–H and O–H groups in total. The van der Waals surface area contributed by atoms with E-state index in [0.717, 1.165) is 75.1 Å². The molecule has 2 aliphatic rings. The lowest BCUT2D eigenvalue weighted by Crippen LogP contribution is -2.45. The third-order valence-electron chi connectivity index (χ3n) is 5.83. The quantitative estimate of drug-likeness (QED) is 0.842. The highest BCUT2D eigenvalue weighted by atomic mass is 16.2. The van der Waals surface area contributed by atoms with E-state index >= 15 is 0 Å². The molecule has 6 heteroatoms. The molecule has 2 aromatic heterocycles. The van der Waals surface area contributed by atoms with Crippen LogP contribution in [-0.2, 0) is 4.79 Å². The molecule has 0 aromatic carbocycles. The summed E-state index contributed by atoms with van der Waals surface area (Å²) in [4.78, 5) is 17.2. The van der Waals surface area contributed by atoms with Crippen molar-refractivity contribution < 1.29 is 4.79 Å². The summed E-state index contributed by atoms with van der Waals surface area (Å²) in [6.45, 7) is 7.98. The number of hydrogen-bond acceptors (Lipinski definition) is 4. The number of fused-ring (bicyclic) bond motifs is 1. The van der Waals surface area contributed by atoms with Crippen molar-refractivity contribution in [2.45, 2.75) is 39.5 Å². The number of aryl methyl sites for hydroxylation is 1. The number of likely N-dealkylation sites (tertiary alicyclic amines) is 1. The van der Waals surface area contributed by atoms with E-state index in [1.54, 1.807) is 0 Å². The van der Waals surface area contributed by atoms with E-state index in [1.807, 2.05) is 12.1 Å². The van der Waals surface area contributed by atoms with Crippen LogP contribution >= 0.6 is 0 Å². The predicted molar refractivity (Wildman–Crippen MR) is 97.6 cm³/mol. The number of hydrogen-bond donors (Lipinski definition) is 0. The van der Waals surface area contributed by atoms with E-state index in [9.17, 15) is 4.79 Å². The fourth-order valence-electron chi connectivity index (χ4n) is 4.10. The van der Waals surface area contributed by atoms with Gasteiger partial charge in [0.2, 0.25) is 11.9 Å². The van der Waals surface area contributed by atoms with Crippen LogP contribution < -0.4 is 4.90 Å². The van der Waals surface area contributed by atoms with Crippen molar-refractivity contribution in [3.8, 4) is 0 Å². The molecule has 25 heavy (non-hydrogen) atoms. The third-order valence-corrected chi connectivity index (χ3v) is 5.83. The van der Waals surface area contributed by atoms with Crippen LogP contribution in [-0.4, -0.2) is 51.6 Å². The van der Waals surface area contributed by atoms with Gasteiger partial charge in [-0.25, -0.2) is 0 Å². The summed E-state index contributed by atoms with van der Waals surface area (Å²) in [6, 6.07) is 6.07. The highest BCUT2D eigenvalue weighted by Gasteiger charge is 2.31. The molecule has 0 saturated carbocycles. The Morgan fingerprint density at radius 1 is 1.04 bits per heavy atom. The molecule has 2 fully saturated rings. The summed E-state index contributed by atoms with van der Waals surface area (Å²) in [7, 11) is 0. The van der Waals surface area contributed by atoms with Crippen molar-refractivity contribution in [2.75, 3.05) is 31.1 Å². The van der Waals surface area contributed by atoms with Crippen LogP contribution in [0.2, 0.25) is 0 Å². The molecule has 0 radical (unpaired) electrons. The normalized spacial score (nSPS) is 20.4. The van der Waals surface area contributed by atoms with Crippen LogP contribution in [0.1, 0.15) is 38.3 Å². The van der Waals surface area contributed by atoms with Gasteiger partial charge in [0.15, 0.2) is 5.65 Å². The van der Waals surface area contributed by atoms with Gasteiger partial charge in [-0.1, -0.05) is 13.0 Å². The summed E-state index contributed by atoms with van der Waals surface area (Å²) >= 11 is 0. The highest BCUT2D eigenvalue weighted by Crippen LogP contribution is 2.26. The second-order valence-corrected chi connectivity index (χ2v) is 7.63. The molecule has 2 saturated heterocycles. The highest BCUT2D eigenvalue weighted by molar-refractivity contribution is 5.79. The lowest BCUT2D eigenvalue weighted by Gasteiger charge is -2.36. The fourth-order valence-corrected chi connectivity index (χ4v) is 4.10. The first-order valence-corrected chi connectivity index (χ1v) is 9.48. The lowest BCUT2D eigenvalue weighted by molar-refractivity contribution is -0.137. The Kier molecular flexibility index (Phi) is 4.36. The molecule has 1 amide bonds. The van der Waals surface area contributed by atoms with Gasteiger partial charge in [0, 0.05) is 37.8 Å². The van der Waals surface area contributed by atoms with Crippen molar-refractivity contribution in [1.29, 1.82) is 0 Å². The van der Waals surface area contributed by atoms with E-state index < -0.39 is 0 Å². The van der Waals surface area contributed by atoms with Crippen molar-refractivity contribution in [3.63, 3.8) is 0 Å². The first-order chi connectivity index (χ1) is 12.1. The number of rotatable bonds is 2. The minimum atomic E-state index is 0.171. The first-order valence-electron chi connectivity index (χ1n) is 9.48. The van der Waals surface area contributed by atoms with Crippen molar-refractivity contribution in [3.05, 3.63) is 23.9 Å². The largest absolute Gasteiger partial charge is 0.342 e. The standard InChI is InChI=1S/C19H27N5O/c1-14-6-10-22(11-7-14)18(25)16-8-12-23(13-9-16)19-21-20-17-5-3-4-15(2)24(17)19/h3-5,14,16H,6-13H2,1-2H3. The molecule has 4 rings (SSSR count). The zero-order valence-electron chi connectivity index (χ0n) is 15.2. The smallest absolute Gasteiger partial charge is 0.231 e. The van der Waals surface area contributed by atoms with Gasteiger partial charge in [0.1, 0.15) is 0 Å². The third kappa shape index (κ3) is 3.10. The summed E-state index contributed by atoms with van der Waals surface area (Å²) in [5.41, 5.74) is 2.02. The Labute approximate surface area is 148 Å². The van der Waals surface area contributed by atoms with Crippen LogP contribution in [0.4, 0.5) is 5.95 Å². The average Bonchev–Trinajstić information content (AvgIpc) is 3.07. The van der Waals surface area contributed by atoms with Crippen LogP contribution in [0.3, 0.4) is 0 Å². The van der Waals surface area contributed by atoms with Gasteiger partial charge in [-0.15, -0.1) is 10.2 Å². The monoisotopic (exact) mass is 341 g/mol. The number of anilines is 1. The van der Waals surface area contributed by atoms with Crippen LogP contribution in [0.15, 0.2) is 18.2 Å². The summed E-state index contributed by atoms with van der Waals surface area (Å²) in [6.07, 6.45) is 4.11. The van der Waals surface area contributed by atoms with Crippen molar-refractivity contribution >= 4 is 17.5 Å². The number of carbonyl (C=O) groups is 1. The molecule has 2 aromatic rings. The minimum absolute atomic E-state index is 0.171. The second kappa shape index (κ2) is 6.65. The van der Waals surface area contributed by atoms with Gasteiger partial charge < -0.3 is 9.80 Å². The minimum Gasteiger partial charge on any atom is -0.342 e. The number of amides is 1. The van der Waals surface area contributed by atoms with Crippen LogP contribution in [0.25, 0.3) is 5.65 Å². The molecule has 0 spiro atoms. The van der Waals surface area contributed by atoms with Gasteiger partial charge >= 0.3 is 0 Å². The maximum atomic E-state index is 12.8. The molecule has 134 valence electrons. The molecule has 0 aliphatic carbocycles. The Hall–Kier alpha value is -2.11. The zero-order chi connectivity index (χ0) is 17.4. The molecular formula is C19H27N5O. The molecule has 4 heterocycles. The Morgan fingerprint density at radius 2 is 1.76 bits per heavy atom. The molecule has 0 unspecified atom stereocenters. The second-order valence-electron chi connectivity index (χ2n) is 7.63. The van der Waals surface area contributed by atoms with Gasteiger partial charge in [0.25, 0.3) is 0 Å². The molecular weight excluding hydrogens is 314 g/mol. The Morgan fingerprint density at radius 3 is 2.48 bits per heavy atom. The Bertz CT molecular complexity index is 754. The van der Waals surface area contributed by atoms with E-state index in [1.165, 1.54) is 0 Å². The lowest BCUT2D eigenvalue weighted by atomic mass is 9.93. The average molecular weight is 341 g/mol. The Balaban J connectivity index is 1.42. The zero-order valence-corrected chi connectivity index (χ0v) is 15.2. The van der Waals surface area contributed by atoms with Crippen molar-refractivity contribution in [1.82, 2.24) is 19.5 Å². The van der Waals surface area contributed by atoms with Gasteiger partial charge in [0.05, 0.1) is 0 Å². The number of piperidine rings is 2. The molecule has 0 atom stereocenters. The SMILES string of the molecule is Cc1cccc2nnc(N3CCC(C(=O)N4CCC(C)CC4)CC3)n12. The van der Waals surface area contributed by atoms with Gasteiger partial charge in [-0.05, 0) is 50.7 Å². The van der Waals surface area contributed by atoms with E-state index in [4.69, 9.17) is 0 Å². The summed E-state index contributed by atoms with van der Waals surface area (Å²) in [5.74, 6) is 2.21. The fraction of sp³-hybridized carbons (Fsp3) is 0.632. The molecule has 2 aliphatic heterocycles. The topological polar surface area (TPSA) is 53.7 Å². The summed E-state index contributed by atoms with van der Waals surface area (Å²) < 4.78 is 2.11. The number of carbonyl (C=O) groups excluding carboxylic acids is 1. The van der Waals surface area contributed by atoms with Crippen LogP contribution in [0, 0.1) is 18.8 Å². The predicted octanol–water partition coefficient (Wildman–Crippen LogP) is 2.51. The maximum absolute atomic E-state index is 12.8. The summed E-state index contributed by atoms with van der Waals surface area (Å²) in [5, 5.41) is 8.68. The number of aromatic nitrogens is 3. The van der Waals surface area contributed by atoms with E-state index in [0.29, 0.717) is 5.91 Å².